The molecule has 1 heterocycles. The lowest BCUT2D eigenvalue weighted by Gasteiger charge is -2.41. The van der Waals surface area contributed by atoms with Gasteiger partial charge in [0.05, 0.1) is 0 Å². The van der Waals surface area contributed by atoms with Gasteiger partial charge in [-0.3, -0.25) is 4.90 Å². The summed E-state index contributed by atoms with van der Waals surface area (Å²) in [5.74, 6) is 0. The third kappa shape index (κ3) is 2.87. The lowest BCUT2D eigenvalue weighted by atomic mass is 9.90. The summed E-state index contributed by atoms with van der Waals surface area (Å²) >= 11 is 5.93. The number of rotatable bonds is 4. The summed E-state index contributed by atoms with van der Waals surface area (Å²) in [5.41, 5.74) is 7.43. The van der Waals surface area contributed by atoms with Crippen LogP contribution in [0.2, 0.25) is 5.02 Å². The molecule has 0 saturated carbocycles. The maximum atomic E-state index is 6.06. The largest absolute Gasteiger partial charge is 0.329 e. The van der Waals surface area contributed by atoms with Crippen molar-refractivity contribution < 1.29 is 0 Å². The SMILES string of the molecule is CC1CCCN1C(C)(CN)Cc1ccc(Cl)cc1. The first-order valence-electron chi connectivity index (χ1n) is 6.76. The Bertz CT molecular complexity index is 390. The highest BCUT2D eigenvalue weighted by molar-refractivity contribution is 6.30. The van der Waals surface area contributed by atoms with Crippen LogP contribution in [0.3, 0.4) is 0 Å². The van der Waals surface area contributed by atoms with E-state index in [0.29, 0.717) is 12.6 Å². The van der Waals surface area contributed by atoms with Gasteiger partial charge >= 0.3 is 0 Å². The second kappa shape index (κ2) is 5.60. The fourth-order valence-corrected chi connectivity index (χ4v) is 3.19. The standard InChI is InChI=1S/C15H23ClN2/c1-12-4-3-9-18(12)15(2,11-17)10-13-5-7-14(16)8-6-13/h5-8,12H,3-4,9-11,17H2,1-2H3. The second-order valence-corrected chi connectivity index (χ2v) is 6.13. The molecule has 2 nitrogen and oxygen atoms in total. The normalized spacial score (nSPS) is 24.1. The van der Waals surface area contributed by atoms with E-state index in [4.69, 9.17) is 17.3 Å². The van der Waals surface area contributed by atoms with Gasteiger partial charge in [0.25, 0.3) is 0 Å². The number of hydrogen-bond acceptors (Lipinski definition) is 2. The maximum Gasteiger partial charge on any atom is 0.0406 e. The summed E-state index contributed by atoms with van der Waals surface area (Å²) in [6.07, 6.45) is 3.57. The van der Waals surface area contributed by atoms with Gasteiger partial charge in [-0.15, -0.1) is 0 Å². The molecule has 0 radical (unpaired) electrons. The number of nitrogens with two attached hydrogens (primary N) is 1. The van der Waals surface area contributed by atoms with E-state index in [1.54, 1.807) is 0 Å². The van der Waals surface area contributed by atoms with Crippen molar-refractivity contribution in [1.82, 2.24) is 4.90 Å². The van der Waals surface area contributed by atoms with Crippen LogP contribution in [0.25, 0.3) is 0 Å². The molecule has 1 aromatic carbocycles. The third-order valence-corrected chi connectivity index (χ3v) is 4.44. The molecule has 1 aliphatic heterocycles. The smallest absolute Gasteiger partial charge is 0.0406 e. The average molecular weight is 267 g/mol. The molecule has 18 heavy (non-hydrogen) atoms. The molecule has 3 heteroatoms. The van der Waals surface area contributed by atoms with Gasteiger partial charge in [-0.1, -0.05) is 23.7 Å². The van der Waals surface area contributed by atoms with Crippen LogP contribution >= 0.6 is 11.6 Å². The number of nitrogens with zero attached hydrogens (tertiary/aromatic N) is 1. The summed E-state index contributed by atoms with van der Waals surface area (Å²) in [6, 6.07) is 8.78. The van der Waals surface area contributed by atoms with Crippen LogP contribution in [0.5, 0.6) is 0 Å². The van der Waals surface area contributed by atoms with Crippen LogP contribution in [0.15, 0.2) is 24.3 Å². The first-order chi connectivity index (χ1) is 8.55. The minimum atomic E-state index is 0.0593. The van der Waals surface area contributed by atoms with Crippen molar-refractivity contribution in [3.8, 4) is 0 Å². The zero-order valence-electron chi connectivity index (χ0n) is 11.3. The highest BCUT2D eigenvalue weighted by Crippen LogP contribution is 2.29. The topological polar surface area (TPSA) is 29.3 Å². The fourth-order valence-electron chi connectivity index (χ4n) is 3.07. The Morgan fingerprint density at radius 2 is 2.06 bits per heavy atom. The van der Waals surface area contributed by atoms with Gasteiger partial charge in [-0.05, 0) is 57.4 Å². The van der Waals surface area contributed by atoms with Crippen LogP contribution in [0.1, 0.15) is 32.3 Å². The van der Waals surface area contributed by atoms with E-state index in [1.807, 2.05) is 12.1 Å². The molecule has 0 spiro atoms. The highest BCUT2D eigenvalue weighted by atomic mass is 35.5. The quantitative estimate of drug-likeness (QED) is 0.908. The zero-order valence-corrected chi connectivity index (χ0v) is 12.1. The molecule has 0 aromatic heterocycles. The van der Waals surface area contributed by atoms with E-state index in [2.05, 4.69) is 30.9 Å². The molecule has 0 aliphatic carbocycles. The Morgan fingerprint density at radius 1 is 1.39 bits per heavy atom. The first kappa shape index (κ1) is 13.9. The van der Waals surface area contributed by atoms with Crippen LogP contribution in [0, 0.1) is 0 Å². The van der Waals surface area contributed by atoms with Gasteiger partial charge in [-0.2, -0.15) is 0 Å². The molecule has 2 rings (SSSR count). The molecule has 2 unspecified atom stereocenters. The van der Waals surface area contributed by atoms with Gasteiger partial charge in [0.15, 0.2) is 0 Å². The molecule has 100 valence electrons. The van der Waals surface area contributed by atoms with Crippen molar-refractivity contribution >= 4 is 11.6 Å². The van der Waals surface area contributed by atoms with Crippen molar-refractivity contribution in [2.45, 2.75) is 44.7 Å². The number of benzene rings is 1. The van der Waals surface area contributed by atoms with Gasteiger partial charge in [0, 0.05) is 23.1 Å². The molecule has 0 amide bonds. The fraction of sp³-hybridized carbons (Fsp3) is 0.600. The molecule has 1 aliphatic rings. The maximum absolute atomic E-state index is 6.06. The number of halogens is 1. The van der Waals surface area contributed by atoms with E-state index >= 15 is 0 Å². The van der Waals surface area contributed by atoms with Crippen LogP contribution < -0.4 is 5.73 Å². The summed E-state index contributed by atoms with van der Waals surface area (Å²) in [4.78, 5) is 2.57. The Labute approximate surface area is 115 Å². The molecule has 1 saturated heterocycles. The molecule has 2 atom stereocenters. The van der Waals surface area contributed by atoms with Crippen LogP contribution in [-0.4, -0.2) is 29.6 Å². The summed E-state index contributed by atoms with van der Waals surface area (Å²) in [5, 5.41) is 0.794. The Kier molecular flexibility index (Phi) is 4.31. The van der Waals surface area contributed by atoms with Gasteiger partial charge in [-0.25, -0.2) is 0 Å². The van der Waals surface area contributed by atoms with Crippen molar-refractivity contribution in [2.24, 2.45) is 5.73 Å². The molecule has 0 bridgehead atoms. The van der Waals surface area contributed by atoms with E-state index in [9.17, 15) is 0 Å². The lowest BCUT2D eigenvalue weighted by Crippen LogP contribution is -2.54. The molecule has 1 aromatic rings. The number of hydrogen-bond donors (Lipinski definition) is 1. The Morgan fingerprint density at radius 3 is 2.56 bits per heavy atom. The van der Waals surface area contributed by atoms with Gasteiger partial charge in [0.2, 0.25) is 0 Å². The molecule has 1 fully saturated rings. The minimum absolute atomic E-state index is 0.0593. The Hall–Kier alpha value is -0.570. The van der Waals surface area contributed by atoms with Crippen molar-refractivity contribution in [3.05, 3.63) is 34.9 Å². The van der Waals surface area contributed by atoms with E-state index in [-0.39, 0.29) is 5.54 Å². The summed E-state index contributed by atoms with van der Waals surface area (Å²) in [7, 11) is 0. The zero-order chi connectivity index (χ0) is 13.2. The minimum Gasteiger partial charge on any atom is -0.329 e. The van der Waals surface area contributed by atoms with Crippen molar-refractivity contribution in [3.63, 3.8) is 0 Å². The number of likely N-dealkylation sites (tertiary alicyclic amines) is 1. The monoisotopic (exact) mass is 266 g/mol. The average Bonchev–Trinajstić information content (AvgIpc) is 2.79. The predicted molar refractivity (Wildman–Crippen MR) is 78.0 cm³/mol. The van der Waals surface area contributed by atoms with Gasteiger partial charge in [0.1, 0.15) is 0 Å². The van der Waals surface area contributed by atoms with E-state index in [0.717, 1.165) is 11.4 Å². The van der Waals surface area contributed by atoms with Crippen molar-refractivity contribution in [1.29, 1.82) is 0 Å². The van der Waals surface area contributed by atoms with Gasteiger partial charge < -0.3 is 5.73 Å². The molecule has 2 N–H and O–H groups in total. The second-order valence-electron chi connectivity index (χ2n) is 5.69. The van der Waals surface area contributed by atoms with Crippen LogP contribution in [-0.2, 0) is 6.42 Å². The molecular weight excluding hydrogens is 244 g/mol. The van der Waals surface area contributed by atoms with Crippen LogP contribution in [0.4, 0.5) is 0 Å². The van der Waals surface area contributed by atoms with E-state index in [1.165, 1.54) is 24.9 Å². The summed E-state index contributed by atoms with van der Waals surface area (Å²) in [6.45, 7) is 6.45. The summed E-state index contributed by atoms with van der Waals surface area (Å²) < 4.78 is 0. The predicted octanol–water partition coefficient (Wildman–Crippen LogP) is 3.08. The molecular formula is C15H23ClN2. The van der Waals surface area contributed by atoms with E-state index < -0.39 is 0 Å². The third-order valence-electron chi connectivity index (χ3n) is 4.18. The van der Waals surface area contributed by atoms with Crippen molar-refractivity contribution in [2.75, 3.05) is 13.1 Å². The lowest BCUT2D eigenvalue weighted by molar-refractivity contribution is 0.103. The first-order valence-corrected chi connectivity index (χ1v) is 7.14. The highest BCUT2D eigenvalue weighted by Gasteiger charge is 2.36. The Balaban J connectivity index is 2.14.